The van der Waals surface area contributed by atoms with Gasteiger partial charge in [0.1, 0.15) is 0 Å². The Morgan fingerprint density at radius 3 is 2.22 bits per heavy atom. The van der Waals surface area contributed by atoms with Crippen molar-refractivity contribution in [1.29, 1.82) is 0 Å². The van der Waals surface area contributed by atoms with Crippen LogP contribution in [0, 0.1) is 0 Å². The van der Waals surface area contributed by atoms with Crippen LogP contribution in [0.4, 0.5) is 0 Å². The summed E-state index contributed by atoms with van der Waals surface area (Å²) in [7, 11) is -0.397. The molecular weight excluding hydrogens is 254 g/mol. The summed E-state index contributed by atoms with van der Waals surface area (Å²) >= 11 is 0. The van der Waals surface area contributed by atoms with Crippen LogP contribution < -0.4 is 15.2 Å². The summed E-state index contributed by atoms with van der Waals surface area (Å²) in [4.78, 5) is 0.185. The van der Waals surface area contributed by atoms with Crippen LogP contribution in [0.15, 0.2) is 23.1 Å². The maximum absolute atomic E-state index is 11.7. The van der Waals surface area contributed by atoms with Gasteiger partial charge in [0.25, 0.3) is 0 Å². The van der Waals surface area contributed by atoms with Crippen molar-refractivity contribution < 1.29 is 17.9 Å². The van der Waals surface area contributed by atoms with E-state index in [-0.39, 0.29) is 4.90 Å². The highest BCUT2D eigenvalue weighted by molar-refractivity contribution is 7.90. The Morgan fingerprint density at radius 1 is 1.22 bits per heavy atom. The van der Waals surface area contributed by atoms with Crippen molar-refractivity contribution >= 4 is 15.9 Å². The van der Waals surface area contributed by atoms with E-state index in [1.165, 1.54) is 20.3 Å². The number of rotatable bonds is 5. The zero-order valence-corrected chi connectivity index (χ0v) is 11.5. The quantitative estimate of drug-likeness (QED) is 0.867. The molecule has 0 aromatic heterocycles. The molecule has 0 aliphatic carbocycles. The Hall–Kier alpha value is -1.53. The van der Waals surface area contributed by atoms with E-state index < -0.39 is 9.84 Å². The number of benzene rings is 1. The minimum Gasteiger partial charge on any atom is -0.493 e. The highest BCUT2D eigenvalue weighted by atomic mass is 32.2. The summed E-state index contributed by atoms with van der Waals surface area (Å²) in [5.74, 6) is 0.851. The monoisotopic (exact) mass is 271 g/mol. The molecule has 5 nitrogen and oxygen atoms in total. The number of nitrogens with two attached hydrogens (primary N) is 1. The number of hydrogen-bond donors (Lipinski definition) is 1. The molecule has 0 amide bonds. The first-order valence-electron chi connectivity index (χ1n) is 5.26. The van der Waals surface area contributed by atoms with E-state index >= 15 is 0 Å². The molecule has 1 aromatic rings. The summed E-state index contributed by atoms with van der Waals surface area (Å²) in [6.07, 6.45) is 4.47. The molecule has 0 unspecified atom stereocenters. The van der Waals surface area contributed by atoms with Crippen LogP contribution in [0.5, 0.6) is 11.5 Å². The number of sulfone groups is 1. The largest absolute Gasteiger partial charge is 0.493 e. The Bertz CT molecular complexity index is 549. The molecular formula is C12H17NO4S. The molecule has 0 saturated carbocycles. The predicted octanol–water partition coefficient (Wildman–Crippen LogP) is 1.08. The van der Waals surface area contributed by atoms with E-state index in [0.29, 0.717) is 23.6 Å². The molecule has 1 rings (SSSR count). The van der Waals surface area contributed by atoms with Crippen molar-refractivity contribution in [2.24, 2.45) is 5.73 Å². The fraction of sp³-hybridized carbons (Fsp3) is 0.333. The normalized spacial score (nSPS) is 11.8. The predicted molar refractivity (Wildman–Crippen MR) is 70.7 cm³/mol. The van der Waals surface area contributed by atoms with Gasteiger partial charge in [0.15, 0.2) is 21.3 Å². The minimum absolute atomic E-state index is 0.185. The molecule has 0 aliphatic rings. The third-order valence-electron chi connectivity index (χ3n) is 2.35. The Balaban J connectivity index is 3.51. The van der Waals surface area contributed by atoms with Gasteiger partial charge in [0.05, 0.1) is 19.1 Å². The summed E-state index contributed by atoms with van der Waals surface area (Å²) < 4.78 is 33.7. The molecule has 0 fully saturated rings. The third-order valence-corrected chi connectivity index (χ3v) is 3.50. The van der Waals surface area contributed by atoms with Crippen molar-refractivity contribution in [2.75, 3.05) is 27.0 Å². The van der Waals surface area contributed by atoms with Gasteiger partial charge in [0.2, 0.25) is 0 Å². The first kappa shape index (κ1) is 14.5. The highest BCUT2D eigenvalue weighted by Crippen LogP contribution is 2.33. The second-order valence-electron chi connectivity index (χ2n) is 3.66. The maximum Gasteiger partial charge on any atom is 0.176 e. The maximum atomic E-state index is 11.7. The van der Waals surface area contributed by atoms with Crippen molar-refractivity contribution in [3.8, 4) is 11.5 Å². The van der Waals surface area contributed by atoms with Gasteiger partial charge in [-0.1, -0.05) is 12.2 Å². The van der Waals surface area contributed by atoms with Crippen LogP contribution in [-0.4, -0.2) is 35.4 Å². The summed E-state index contributed by atoms with van der Waals surface area (Å²) in [5, 5.41) is 0. The van der Waals surface area contributed by atoms with Gasteiger partial charge < -0.3 is 15.2 Å². The van der Waals surface area contributed by atoms with Crippen LogP contribution in [0.1, 0.15) is 5.56 Å². The first-order chi connectivity index (χ1) is 8.43. The van der Waals surface area contributed by atoms with E-state index in [9.17, 15) is 8.42 Å². The third kappa shape index (κ3) is 3.24. The average Bonchev–Trinajstić information content (AvgIpc) is 2.33. The molecule has 0 radical (unpaired) electrons. The molecule has 18 heavy (non-hydrogen) atoms. The highest BCUT2D eigenvalue weighted by Gasteiger charge is 2.16. The lowest BCUT2D eigenvalue weighted by Crippen LogP contribution is -2.03. The Morgan fingerprint density at radius 2 is 1.78 bits per heavy atom. The van der Waals surface area contributed by atoms with Crippen molar-refractivity contribution in [3.63, 3.8) is 0 Å². The molecule has 0 aliphatic heterocycles. The standard InChI is InChI=1S/C12H17NO4S/c1-16-10-7-9(5-4-6-13)12(18(3,14)15)8-11(10)17-2/h4-5,7-8H,6,13H2,1-3H3/b5-4+. The Labute approximate surface area is 107 Å². The second kappa shape index (κ2) is 5.88. The molecule has 0 spiro atoms. The molecule has 2 N–H and O–H groups in total. The fourth-order valence-corrected chi connectivity index (χ4v) is 2.40. The van der Waals surface area contributed by atoms with Crippen molar-refractivity contribution in [1.82, 2.24) is 0 Å². The van der Waals surface area contributed by atoms with E-state index in [0.717, 1.165) is 6.26 Å². The molecule has 100 valence electrons. The number of ether oxygens (including phenoxy) is 2. The van der Waals surface area contributed by atoms with Crippen LogP contribution in [0.3, 0.4) is 0 Å². The zero-order valence-electron chi connectivity index (χ0n) is 10.6. The van der Waals surface area contributed by atoms with Crippen LogP contribution >= 0.6 is 0 Å². The van der Waals surface area contributed by atoms with Crippen LogP contribution in [0.25, 0.3) is 6.08 Å². The fourth-order valence-electron chi connectivity index (χ4n) is 1.52. The molecule has 0 heterocycles. The summed E-state index contributed by atoms with van der Waals surface area (Å²) in [6.45, 7) is 0.331. The lowest BCUT2D eigenvalue weighted by Gasteiger charge is -2.12. The smallest absolute Gasteiger partial charge is 0.176 e. The van der Waals surface area contributed by atoms with Gasteiger partial charge in [-0.05, 0) is 11.6 Å². The van der Waals surface area contributed by atoms with Gasteiger partial charge in [0, 0.05) is 18.9 Å². The molecule has 0 bridgehead atoms. The summed E-state index contributed by atoms with van der Waals surface area (Å²) in [5.41, 5.74) is 5.90. The van der Waals surface area contributed by atoms with E-state index in [1.807, 2.05) is 0 Å². The van der Waals surface area contributed by atoms with Crippen LogP contribution in [-0.2, 0) is 9.84 Å². The van der Waals surface area contributed by atoms with Gasteiger partial charge >= 0.3 is 0 Å². The average molecular weight is 271 g/mol. The molecule has 0 atom stereocenters. The van der Waals surface area contributed by atoms with Crippen molar-refractivity contribution in [2.45, 2.75) is 4.90 Å². The molecule has 0 saturated heterocycles. The minimum atomic E-state index is -3.35. The van der Waals surface area contributed by atoms with E-state index in [2.05, 4.69) is 0 Å². The van der Waals surface area contributed by atoms with Crippen molar-refractivity contribution in [3.05, 3.63) is 23.8 Å². The molecule has 1 aromatic carbocycles. The second-order valence-corrected chi connectivity index (χ2v) is 5.64. The zero-order chi connectivity index (χ0) is 13.8. The molecule has 6 heteroatoms. The lowest BCUT2D eigenvalue weighted by molar-refractivity contribution is 0.353. The van der Waals surface area contributed by atoms with E-state index in [4.69, 9.17) is 15.2 Å². The topological polar surface area (TPSA) is 78.6 Å². The van der Waals surface area contributed by atoms with Gasteiger partial charge in [-0.25, -0.2) is 8.42 Å². The van der Waals surface area contributed by atoms with Gasteiger partial charge in [-0.3, -0.25) is 0 Å². The van der Waals surface area contributed by atoms with Gasteiger partial charge in [-0.2, -0.15) is 0 Å². The number of hydrogen-bond acceptors (Lipinski definition) is 5. The SMILES string of the molecule is COc1cc(/C=C/CN)c(S(C)(=O)=O)cc1OC. The Kier molecular flexibility index (Phi) is 4.75. The number of methoxy groups -OCH3 is 2. The lowest BCUT2D eigenvalue weighted by atomic mass is 10.2. The first-order valence-corrected chi connectivity index (χ1v) is 7.16. The van der Waals surface area contributed by atoms with Gasteiger partial charge in [-0.15, -0.1) is 0 Å². The van der Waals surface area contributed by atoms with Crippen LogP contribution in [0.2, 0.25) is 0 Å². The summed E-state index contributed by atoms with van der Waals surface area (Å²) in [6, 6.07) is 3.06. The van der Waals surface area contributed by atoms with E-state index in [1.54, 1.807) is 18.2 Å².